The van der Waals surface area contributed by atoms with Gasteiger partial charge in [-0.05, 0) is 32.1 Å². The molecule has 1 aliphatic heterocycles. The monoisotopic (exact) mass is 240 g/mol. The van der Waals surface area contributed by atoms with E-state index in [-0.39, 0.29) is 11.6 Å². The summed E-state index contributed by atoms with van der Waals surface area (Å²) in [6.07, 6.45) is 6.50. The number of carbonyl (C=O) groups is 1. The molecule has 2 fully saturated rings. The lowest BCUT2D eigenvalue weighted by molar-refractivity contribution is -0.149. The standard InChI is InChI=1S/C14H24O3/c1-4-11-9-7-8-10-14(11)13(5-2,17-14)12(15)16-6-3/h11H,4-10H2,1-3H3. The average molecular weight is 240 g/mol. The third-order valence-electron chi connectivity index (χ3n) is 4.60. The SMILES string of the molecule is CCOC(=O)C1(CC)OC12CCCCC2CC. The highest BCUT2D eigenvalue weighted by Gasteiger charge is 2.76. The predicted molar refractivity (Wildman–Crippen MR) is 65.7 cm³/mol. The fraction of sp³-hybridized carbons (Fsp3) is 0.929. The van der Waals surface area contributed by atoms with E-state index in [1.165, 1.54) is 19.3 Å². The van der Waals surface area contributed by atoms with Gasteiger partial charge >= 0.3 is 5.97 Å². The first-order valence-electron chi connectivity index (χ1n) is 7.04. The van der Waals surface area contributed by atoms with Crippen LogP contribution >= 0.6 is 0 Å². The maximum Gasteiger partial charge on any atom is 0.341 e. The van der Waals surface area contributed by atoms with Gasteiger partial charge in [0.2, 0.25) is 0 Å². The molecule has 0 aromatic heterocycles. The molecule has 98 valence electrons. The van der Waals surface area contributed by atoms with Crippen molar-refractivity contribution >= 4 is 5.97 Å². The van der Waals surface area contributed by atoms with Crippen LogP contribution in [0.15, 0.2) is 0 Å². The lowest BCUT2D eigenvalue weighted by atomic mass is 9.70. The summed E-state index contributed by atoms with van der Waals surface area (Å²) in [5, 5.41) is 0. The molecule has 0 amide bonds. The lowest BCUT2D eigenvalue weighted by Crippen LogP contribution is -2.41. The van der Waals surface area contributed by atoms with Crippen LogP contribution in [0.4, 0.5) is 0 Å². The molecule has 1 aliphatic carbocycles. The van der Waals surface area contributed by atoms with Gasteiger partial charge in [0.25, 0.3) is 0 Å². The van der Waals surface area contributed by atoms with Crippen LogP contribution < -0.4 is 0 Å². The minimum absolute atomic E-state index is 0.136. The highest BCUT2D eigenvalue weighted by atomic mass is 16.7. The first-order valence-corrected chi connectivity index (χ1v) is 7.04. The Morgan fingerprint density at radius 3 is 2.71 bits per heavy atom. The molecule has 3 heteroatoms. The molecule has 3 atom stereocenters. The van der Waals surface area contributed by atoms with Gasteiger partial charge in [-0.25, -0.2) is 4.79 Å². The first-order chi connectivity index (χ1) is 8.16. The molecule has 1 heterocycles. The molecule has 0 aromatic rings. The zero-order valence-corrected chi connectivity index (χ0v) is 11.3. The zero-order chi connectivity index (χ0) is 12.5. The minimum atomic E-state index is -0.621. The Kier molecular flexibility index (Phi) is 3.48. The van der Waals surface area contributed by atoms with Gasteiger partial charge in [-0.15, -0.1) is 0 Å². The Bertz CT molecular complexity index is 302. The van der Waals surface area contributed by atoms with E-state index in [4.69, 9.17) is 9.47 Å². The van der Waals surface area contributed by atoms with E-state index < -0.39 is 5.60 Å². The molecular weight excluding hydrogens is 216 g/mol. The second-order valence-electron chi connectivity index (χ2n) is 5.24. The fourth-order valence-electron chi connectivity index (χ4n) is 3.68. The van der Waals surface area contributed by atoms with Gasteiger partial charge in [0.15, 0.2) is 5.60 Å². The van der Waals surface area contributed by atoms with E-state index in [1.807, 2.05) is 13.8 Å². The van der Waals surface area contributed by atoms with E-state index in [0.29, 0.717) is 12.5 Å². The molecule has 1 spiro atoms. The Balaban J connectivity index is 2.19. The summed E-state index contributed by atoms with van der Waals surface area (Å²) in [6, 6.07) is 0. The molecular formula is C14H24O3. The second kappa shape index (κ2) is 4.60. The first kappa shape index (κ1) is 12.9. The summed E-state index contributed by atoms with van der Waals surface area (Å²) < 4.78 is 11.2. The molecule has 0 radical (unpaired) electrons. The van der Waals surface area contributed by atoms with Crippen molar-refractivity contribution in [3.63, 3.8) is 0 Å². The van der Waals surface area contributed by atoms with Crippen LogP contribution in [-0.2, 0) is 14.3 Å². The number of rotatable bonds is 4. The van der Waals surface area contributed by atoms with Gasteiger partial charge in [0, 0.05) is 0 Å². The zero-order valence-electron chi connectivity index (χ0n) is 11.3. The Hall–Kier alpha value is -0.570. The van der Waals surface area contributed by atoms with Gasteiger partial charge in [-0.2, -0.15) is 0 Å². The maximum absolute atomic E-state index is 12.1. The van der Waals surface area contributed by atoms with Crippen molar-refractivity contribution in [2.24, 2.45) is 5.92 Å². The lowest BCUT2D eigenvalue weighted by Gasteiger charge is -2.30. The molecule has 17 heavy (non-hydrogen) atoms. The summed E-state index contributed by atoms with van der Waals surface area (Å²) in [5.74, 6) is 0.392. The van der Waals surface area contributed by atoms with Crippen molar-refractivity contribution < 1.29 is 14.3 Å². The Labute approximate surface area is 104 Å². The van der Waals surface area contributed by atoms with Gasteiger partial charge in [0.1, 0.15) is 5.60 Å². The number of carbonyl (C=O) groups excluding carboxylic acids is 1. The van der Waals surface area contributed by atoms with Crippen molar-refractivity contribution in [2.75, 3.05) is 6.61 Å². The molecule has 1 saturated heterocycles. The van der Waals surface area contributed by atoms with Crippen LogP contribution in [0, 0.1) is 5.92 Å². The smallest absolute Gasteiger partial charge is 0.341 e. The van der Waals surface area contributed by atoms with E-state index in [2.05, 4.69) is 6.92 Å². The summed E-state index contributed by atoms with van der Waals surface area (Å²) in [6.45, 7) is 6.53. The predicted octanol–water partition coefficient (Wildman–Crippen LogP) is 3.07. The van der Waals surface area contributed by atoms with Crippen LogP contribution in [0.3, 0.4) is 0 Å². The number of hydrogen-bond acceptors (Lipinski definition) is 3. The molecule has 2 rings (SSSR count). The molecule has 2 aliphatic rings. The van der Waals surface area contributed by atoms with Crippen LogP contribution in [0.2, 0.25) is 0 Å². The normalized spacial score (nSPS) is 40.3. The van der Waals surface area contributed by atoms with Crippen molar-refractivity contribution in [1.82, 2.24) is 0 Å². The molecule has 0 aromatic carbocycles. The highest BCUT2D eigenvalue weighted by Crippen LogP contribution is 2.62. The number of epoxide rings is 1. The quantitative estimate of drug-likeness (QED) is 0.560. The van der Waals surface area contributed by atoms with Gasteiger partial charge in [-0.1, -0.05) is 33.1 Å². The molecule has 0 bridgehead atoms. The fourth-order valence-corrected chi connectivity index (χ4v) is 3.68. The van der Waals surface area contributed by atoms with Crippen molar-refractivity contribution in [2.45, 2.75) is 70.5 Å². The Morgan fingerprint density at radius 2 is 2.12 bits per heavy atom. The second-order valence-corrected chi connectivity index (χ2v) is 5.24. The van der Waals surface area contributed by atoms with Gasteiger partial charge in [-0.3, -0.25) is 0 Å². The number of ether oxygens (including phenoxy) is 2. The van der Waals surface area contributed by atoms with E-state index in [9.17, 15) is 4.79 Å². The maximum atomic E-state index is 12.1. The summed E-state index contributed by atoms with van der Waals surface area (Å²) in [7, 11) is 0. The average Bonchev–Trinajstić information content (AvgIpc) is 3.00. The Morgan fingerprint density at radius 1 is 1.35 bits per heavy atom. The molecule has 1 saturated carbocycles. The van der Waals surface area contributed by atoms with E-state index in [1.54, 1.807) is 0 Å². The summed E-state index contributed by atoms with van der Waals surface area (Å²) in [4.78, 5) is 12.1. The number of esters is 1. The van der Waals surface area contributed by atoms with Crippen molar-refractivity contribution in [1.29, 1.82) is 0 Å². The molecule has 3 unspecified atom stereocenters. The van der Waals surface area contributed by atoms with Crippen LogP contribution in [0.1, 0.15) is 59.3 Å². The third kappa shape index (κ3) is 1.70. The van der Waals surface area contributed by atoms with Crippen molar-refractivity contribution in [3.8, 4) is 0 Å². The largest absolute Gasteiger partial charge is 0.464 e. The van der Waals surface area contributed by atoms with Crippen LogP contribution in [0.25, 0.3) is 0 Å². The molecule has 0 N–H and O–H groups in total. The van der Waals surface area contributed by atoms with E-state index in [0.717, 1.165) is 19.3 Å². The topological polar surface area (TPSA) is 38.8 Å². The number of hydrogen-bond donors (Lipinski definition) is 0. The van der Waals surface area contributed by atoms with Gasteiger partial charge < -0.3 is 9.47 Å². The van der Waals surface area contributed by atoms with E-state index >= 15 is 0 Å². The summed E-state index contributed by atoms with van der Waals surface area (Å²) in [5.41, 5.74) is -0.814. The molecule has 3 nitrogen and oxygen atoms in total. The third-order valence-corrected chi connectivity index (χ3v) is 4.60. The van der Waals surface area contributed by atoms with Gasteiger partial charge in [0.05, 0.1) is 6.61 Å². The van der Waals surface area contributed by atoms with Crippen LogP contribution in [-0.4, -0.2) is 23.8 Å². The minimum Gasteiger partial charge on any atom is -0.464 e. The summed E-state index contributed by atoms with van der Waals surface area (Å²) >= 11 is 0. The highest BCUT2D eigenvalue weighted by molar-refractivity contribution is 5.85. The van der Waals surface area contributed by atoms with Crippen LogP contribution in [0.5, 0.6) is 0 Å². The van der Waals surface area contributed by atoms with Crippen molar-refractivity contribution in [3.05, 3.63) is 0 Å².